The number of hydrogen-bond donors (Lipinski definition) is 2. The Morgan fingerprint density at radius 1 is 1.04 bits per heavy atom. The van der Waals surface area contributed by atoms with Crippen molar-refractivity contribution in [1.82, 2.24) is 15.2 Å². The maximum absolute atomic E-state index is 11.7. The van der Waals surface area contributed by atoms with Crippen molar-refractivity contribution in [2.75, 3.05) is 18.0 Å². The first kappa shape index (κ1) is 17.8. The fourth-order valence-corrected chi connectivity index (χ4v) is 3.37. The third-order valence-electron chi connectivity index (χ3n) is 4.73. The third kappa shape index (κ3) is 3.22. The van der Waals surface area contributed by atoms with Crippen LogP contribution < -0.4 is 15.5 Å². The highest BCUT2D eigenvalue weighted by atomic mass is 16.2. The number of aromatic nitrogens is 1. The zero-order valence-electron chi connectivity index (χ0n) is 15.6. The lowest BCUT2D eigenvalue weighted by Gasteiger charge is -2.21. The van der Waals surface area contributed by atoms with Gasteiger partial charge < -0.3 is 14.8 Å². The maximum atomic E-state index is 11.7. The molecule has 0 aliphatic carbocycles. The second-order valence-electron chi connectivity index (χ2n) is 6.32. The highest BCUT2D eigenvalue weighted by Crippen LogP contribution is 2.25. The summed E-state index contributed by atoms with van der Waals surface area (Å²) in [6.07, 6.45) is 1.71. The number of anilines is 1. The summed E-state index contributed by atoms with van der Waals surface area (Å²) >= 11 is 0. The Labute approximate surface area is 153 Å². The molecule has 1 aromatic carbocycles. The number of aryl methyl sites for hydroxylation is 1. The van der Waals surface area contributed by atoms with Gasteiger partial charge in [0, 0.05) is 35.9 Å². The van der Waals surface area contributed by atoms with Gasteiger partial charge in [0.1, 0.15) is 5.70 Å². The third-order valence-corrected chi connectivity index (χ3v) is 4.73. The molecule has 1 fully saturated rings. The number of urea groups is 1. The van der Waals surface area contributed by atoms with E-state index in [1.807, 2.05) is 19.9 Å². The number of benzene rings is 1. The van der Waals surface area contributed by atoms with Crippen molar-refractivity contribution in [3.05, 3.63) is 53.0 Å². The molecule has 2 heterocycles. The summed E-state index contributed by atoms with van der Waals surface area (Å²) in [6, 6.07) is 10.00. The Morgan fingerprint density at radius 3 is 2.23 bits per heavy atom. The molecule has 0 radical (unpaired) electrons. The lowest BCUT2D eigenvalue weighted by Crippen LogP contribution is -2.22. The number of imide groups is 1. The average Bonchev–Trinajstić information content (AvgIpc) is 3.08. The summed E-state index contributed by atoms with van der Waals surface area (Å²) in [6.45, 7) is 10.3. The number of carbonyl (C=O) groups is 2. The molecule has 0 atom stereocenters. The maximum Gasteiger partial charge on any atom is 0.326 e. The monoisotopic (exact) mass is 352 g/mol. The minimum absolute atomic E-state index is 0.270. The van der Waals surface area contributed by atoms with Gasteiger partial charge in [-0.3, -0.25) is 10.1 Å². The molecule has 0 spiro atoms. The van der Waals surface area contributed by atoms with Crippen molar-refractivity contribution >= 4 is 23.7 Å². The van der Waals surface area contributed by atoms with E-state index in [9.17, 15) is 9.59 Å². The number of amides is 3. The Hall–Kier alpha value is -3.02. The van der Waals surface area contributed by atoms with Crippen LogP contribution in [-0.4, -0.2) is 29.6 Å². The van der Waals surface area contributed by atoms with Crippen LogP contribution >= 0.6 is 0 Å². The van der Waals surface area contributed by atoms with Crippen LogP contribution in [-0.2, 0) is 4.79 Å². The summed E-state index contributed by atoms with van der Waals surface area (Å²) in [5.74, 6) is -0.400. The van der Waals surface area contributed by atoms with E-state index >= 15 is 0 Å². The fraction of sp³-hybridized carbons (Fsp3) is 0.300. The van der Waals surface area contributed by atoms with Crippen LogP contribution in [0, 0.1) is 13.8 Å². The molecule has 2 N–H and O–H groups in total. The van der Waals surface area contributed by atoms with Gasteiger partial charge in [0.25, 0.3) is 5.91 Å². The van der Waals surface area contributed by atoms with Crippen molar-refractivity contribution in [1.29, 1.82) is 0 Å². The largest absolute Gasteiger partial charge is 0.372 e. The molecule has 0 saturated carbocycles. The zero-order valence-corrected chi connectivity index (χ0v) is 15.6. The molecule has 6 heteroatoms. The van der Waals surface area contributed by atoms with E-state index in [2.05, 4.69) is 58.2 Å². The van der Waals surface area contributed by atoms with Gasteiger partial charge >= 0.3 is 6.03 Å². The van der Waals surface area contributed by atoms with E-state index < -0.39 is 11.9 Å². The van der Waals surface area contributed by atoms with E-state index in [0.29, 0.717) is 0 Å². The molecule has 0 unspecified atom stereocenters. The molecule has 0 bridgehead atoms. The standard InChI is InChI=1S/C20H24N4O2/c1-5-23(6-2)16-7-9-17(10-8-16)24-13(3)11-15(14(24)4)12-18-19(25)22-20(26)21-18/h7-12H,5-6H2,1-4H3,(H2,21,22,25,26)/b18-12-. The van der Waals surface area contributed by atoms with Gasteiger partial charge in [-0.1, -0.05) is 0 Å². The van der Waals surface area contributed by atoms with E-state index in [1.54, 1.807) is 6.08 Å². The summed E-state index contributed by atoms with van der Waals surface area (Å²) in [5, 5.41) is 4.75. The number of carbonyl (C=O) groups excluding carboxylic acids is 2. The molecule has 3 amide bonds. The summed E-state index contributed by atoms with van der Waals surface area (Å²) < 4.78 is 2.15. The van der Waals surface area contributed by atoms with Crippen molar-refractivity contribution in [3.63, 3.8) is 0 Å². The average molecular weight is 352 g/mol. The van der Waals surface area contributed by atoms with Crippen LogP contribution in [0.4, 0.5) is 10.5 Å². The van der Waals surface area contributed by atoms with E-state index in [1.165, 1.54) is 5.69 Å². The van der Waals surface area contributed by atoms with Crippen LogP contribution in [0.15, 0.2) is 36.0 Å². The van der Waals surface area contributed by atoms with Gasteiger partial charge in [-0.2, -0.15) is 0 Å². The number of nitrogens with one attached hydrogen (secondary N) is 2. The zero-order chi connectivity index (χ0) is 18.8. The molecule has 1 aliphatic rings. The van der Waals surface area contributed by atoms with Crippen molar-refractivity contribution in [2.45, 2.75) is 27.7 Å². The molecule has 1 aliphatic heterocycles. The molecular formula is C20H24N4O2. The first-order chi connectivity index (χ1) is 12.4. The minimum Gasteiger partial charge on any atom is -0.372 e. The molecule has 6 nitrogen and oxygen atoms in total. The van der Waals surface area contributed by atoms with Crippen LogP contribution in [0.5, 0.6) is 0 Å². The second kappa shape index (κ2) is 7.07. The first-order valence-electron chi connectivity index (χ1n) is 8.83. The van der Waals surface area contributed by atoms with Crippen molar-refractivity contribution in [3.8, 4) is 5.69 Å². The molecule has 1 saturated heterocycles. The van der Waals surface area contributed by atoms with E-state index in [0.717, 1.165) is 35.7 Å². The normalized spacial score (nSPS) is 15.3. The Bertz CT molecular complexity index is 874. The molecule has 1 aromatic heterocycles. The van der Waals surface area contributed by atoms with E-state index in [-0.39, 0.29) is 5.70 Å². The highest BCUT2D eigenvalue weighted by molar-refractivity contribution is 6.14. The minimum atomic E-state index is -0.484. The van der Waals surface area contributed by atoms with Gasteiger partial charge in [0.05, 0.1) is 0 Å². The van der Waals surface area contributed by atoms with Gasteiger partial charge in [-0.25, -0.2) is 4.79 Å². The van der Waals surface area contributed by atoms with Crippen molar-refractivity contribution < 1.29 is 9.59 Å². The lowest BCUT2D eigenvalue weighted by molar-refractivity contribution is -0.115. The second-order valence-corrected chi connectivity index (χ2v) is 6.32. The Kier molecular flexibility index (Phi) is 4.84. The number of nitrogens with zero attached hydrogens (tertiary/aromatic N) is 2. The molecule has 26 heavy (non-hydrogen) atoms. The molecule has 136 valence electrons. The predicted octanol–water partition coefficient (Wildman–Crippen LogP) is 3.12. The summed E-state index contributed by atoms with van der Waals surface area (Å²) in [7, 11) is 0. The Morgan fingerprint density at radius 2 is 1.69 bits per heavy atom. The molecule has 2 aromatic rings. The predicted molar refractivity (Wildman–Crippen MR) is 103 cm³/mol. The number of hydrogen-bond acceptors (Lipinski definition) is 3. The van der Waals surface area contributed by atoms with Gasteiger partial charge in [0.15, 0.2) is 0 Å². The van der Waals surface area contributed by atoms with Crippen molar-refractivity contribution in [2.24, 2.45) is 0 Å². The van der Waals surface area contributed by atoms with Crippen LogP contribution in [0.3, 0.4) is 0 Å². The topological polar surface area (TPSA) is 66.4 Å². The Balaban J connectivity index is 1.95. The van der Waals surface area contributed by atoms with Crippen LogP contribution in [0.2, 0.25) is 0 Å². The SMILES string of the molecule is CCN(CC)c1ccc(-n2c(C)cc(/C=C3\NC(=O)NC3=O)c2C)cc1. The van der Waals surface area contributed by atoms with Gasteiger partial charge in [-0.05, 0) is 69.7 Å². The number of rotatable bonds is 5. The molecule has 3 rings (SSSR count). The van der Waals surface area contributed by atoms with Gasteiger partial charge in [0.2, 0.25) is 0 Å². The first-order valence-corrected chi connectivity index (χ1v) is 8.83. The summed E-state index contributed by atoms with van der Waals surface area (Å²) in [4.78, 5) is 25.3. The molecular weight excluding hydrogens is 328 g/mol. The van der Waals surface area contributed by atoms with Crippen LogP contribution in [0.1, 0.15) is 30.8 Å². The highest BCUT2D eigenvalue weighted by Gasteiger charge is 2.23. The fourth-order valence-electron chi connectivity index (χ4n) is 3.37. The smallest absolute Gasteiger partial charge is 0.326 e. The summed E-state index contributed by atoms with van der Waals surface area (Å²) in [5.41, 5.74) is 5.53. The lowest BCUT2D eigenvalue weighted by atomic mass is 10.2. The van der Waals surface area contributed by atoms with Crippen LogP contribution in [0.25, 0.3) is 11.8 Å². The quantitative estimate of drug-likeness (QED) is 0.642. The van der Waals surface area contributed by atoms with E-state index in [4.69, 9.17) is 0 Å². The van der Waals surface area contributed by atoms with Gasteiger partial charge in [-0.15, -0.1) is 0 Å².